The number of para-hydroxylation sites is 1. The zero-order chi connectivity index (χ0) is 14.4. The normalized spacial score (nSPS) is 12.3. The van der Waals surface area contributed by atoms with Gasteiger partial charge in [-0.2, -0.15) is 0 Å². The van der Waals surface area contributed by atoms with E-state index in [1.165, 1.54) is 11.1 Å². The lowest BCUT2D eigenvalue weighted by molar-refractivity contribution is 0.388. The van der Waals surface area contributed by atoms with E-state index in [1.807, 2.05) is 24.3 Å². The Morgan fingerprint density at radius 1 is 1.25 bits per heavy atom. The molecule has 0 saturated heterocycles. The van der Waals surface area contributed by atoms with Gasteiger partial charge in [0.05, 0.1) is 19.4 Å². The number of hydrogen-bond acceptors (Lipinski definition) is 3. The predicted octanol–water partition coefficient (Wildman–Crippen LogP) is 3.88. The van der Waals surface area contributed by atoms with E-state index in [9.17, 15) is 0 Å². The number of aryl methyl sites for hydroxylation is 1. The Hall–Kier alpha value is -1.74. The number of furan rings is 1. The summed E-state index contributed by atoms with van der Waals surface area (Å²) in [5.41, 5.74) is 2.38. The summed E-state index contributed by atoms with van der Waals surface area (Å²) < 4.78 is 11.1. The van der Waals surface area contributed by atoms with Crippen LogP contribution in [0, 0.1) is 6.92 Å². The highest BCUT2D eigenvalue weighted by Gasteiger charge is 2.18. The second kappa shape index (κ2) is 7.15. The lowest BCUT2D eigenvalue weighted by Crippen LogP contribution is -2.24. The first-order valence-electron chi connectivity index (χ1n) is 7.15. The molecule has 108 valence electrons. The van der Waals surface area contributed by atoms with E-state index in [1.54, 1.807) is 13.4 Å². The lowest BCUT2D eigenvalue weighted by Gasteiger charge is -2.19. The Morgan fingerprint density at radius 3 is 2.70 bits per heavy atom. The monoisotopic (exact) mass is 273 g/mol. The summed E-state index contributed by atoms with van der Waals surface area (Å²) in [6.45, 7) is 5.23. The maximum atomic E-state index is 5.67. The Balaban J connectivity index is 2.21. The lowest BCUT2D eigenvalue weighted by atomic mass is 10.0. The Bertz CT molecular complexity index is 533. The first-order chi connectivity index (χ1) is 9.76. The minimum absolute atomic E-state index is 0.182. The van der Waals surface area contributed by atoms with Crippen LogP contribution in [0.4, 0.5) is 0 Å². The first kappa shape index (κ1) is 14.7. The molecule has 0 aliphatic carbocycles. The third-order valence-electron chi connectivity index (χ3n) is 3.48. The zero-order valence-electron chi connectivity index (χ0n) is 12.5. The summed E-state index contributed by atoms with van der Waals surface area (Å²) in [7, 11) is 1.71. The minimum atomic E-state index is 0.182. The molecule has 2 rings (SSSR count). The molecular weight excluding hydrogens is 250 g/mol. The highest BCUT2D eigenvalue weighted by Crippen LogP contribution is 2.27. The number of ether oxygens (including phenoxy) is 1. The van der Waals surface area contributed by atoms with Crippen LogP contribution < -0.4 is 10.1 Å². The van der Waals surface area contributed by atoms with E-state index in [4.69, 9.17) is 9.15 Å². The molecule has 1 aromatic heterocycles. The molecule has 0 spiro atoms. The van der Waals surface area contributed by atoms with Gasteiger partial charge in [-0.25, -0.2) is 0 Å². The number of nitrogens with one attached hydrogen (secondary N) is 1. The topological polar surface area (TPSA) is 34.4 Å². The summed E-state index contributed by atoms with van der Waals surface area (Å²) in [4.78, 5) is 0. The van der Waals surface area contributed by atoms with Gasteiger partial charge in [-0.05, 0) is 49.6 Å². The van der Waals surface area contributed by atoms with Crippen LogP contribution in [0.2, 0.25) is 0 Å². The molecule has 1 aromatic carbocycles. The van der Waals surface area contributed by atoms with E-state index in [2.05, 4.69) is 25.2 Å². The van der Waals surface area contributed by atoms with E-state index in [0.717, 1.165) is 30.9 Å². The standard InChI is InChI=1S/C17H23NO2/c1-4-10-18-15(17-13(2)9-11-20-17)12-14-7-5-6-8-16(14)19-3/h5-9,11,15,18H,4,10,12H2,1-3H3. The third-order valence-corrected chi connectivity index (χ3v) is 3.48. The molecule has 0 radical (unpaired) electrons. The van der Waals surface area contributed by atoms with Crippen molar-refractivity contribution < 1.29 is 9.15 Å². The van der Waals surface area contributed by atoms with Crippen molar-refractivity contribution in [2.45, 2.75) is 32.7 Å². The molecule has 20 heavy (non-hydrogen) atoms. The number of methoxy groups -OCH3 is 1. The largest absolute Gasteiger partial charge is 0.496 e. The van der Waals surface area contributed by atoms with Crippen LogP contribution in [0.15, 0.2) is 41.0 Å². The maximum Gasteiger partial charge on any atom is 0.123 e. The highest BCUT2D eigenvalue weighted by atomic mass is 16.5. The van der Waals surface area contributed by atoms with Gasteiger partial charge >= 0.3 is 0 Å². The van der Waals surface area contributed by atoms with Crippen LogP contribution in [-0.4, -0.2) is 13.7 Å². The molecule has 0 aliphatic heterocycles. The fourth-order valence-electron chi connectivity index (χ4n) is 2.41. The molecule has 1 unspecified atom stereocenters. The van der Waals surface area contributed by atoms with Gasteiger partial charge in [0.15, 0.2) is 0 Å². The smallest absolute Gasteiger partial charge is 0.123 e. The molecule has 0 bridgehead atoms. The van der Waals surface area contributed by atoms with Crippen LogP contribution in [0.1, 0.15) is 36.3 Å². The molecule has 2 aromatic rings. The van der Waals surface area contributed by atoms with Crippen LogP contribution >= 0.6 is 0 Å². The molecule has 1 heterocycles. The van der Waals surface area contributed by atoms with E-state index < -0.39 is 0 Å². The van der Waals surface area contributed by atoms with Gasteiger partial charge in [0.25, 0.3) is 0 Å². The van der Waals surface area contributed by atoms with E-state index >= 15 is 0 Å². The SMILES string of the molecule is CCCNC(Cc1ccccc1OC)c1occc1C. The molecule has 0 amide bonds. The van der Waals surface area contributed by atoms with E-state index in [0.29, 0.717) is 0 Å². The van der Waals surface area contributed by atoms with Crippen molar-refractivity contribution in [2.24, 2.45) is 0 Å². The van der Waals surface area contributed by atoms with Gasteiger partial charge in [-0.3, -0.25) is 0 Å². The summed E-state index contributed by atoms with van der Waals surface area (Å²) in [5.74, 6) is 1.95. The average Bonchev–Trinajstić information content (AvgIpc) is 2.90. The molecule has 3 heteroatoms. The van der Waals surface area contributed by atoms with Crippen LogP contribution in [0.5, 0.6) is 5.75 Å². The molecule has 3 nitrogen and oxygen atoms in total. The quantitative estimate of drug-likeness (QED) is 0.831. The Morgan fingerprint density at radius 2 is 2.05 bits per heavy atom. The van der Waals surface area contributed by atoms with Crippen molar-refractivity contribution in [3.63, 3.8) is 0 Å². The van der Waals surface area contributed by atoms with Crippen LogP contribution in [0.3, 0.4) is 0 Å². The van der Waals surface area contributed by atoms with Gasteiger partial charge in [0.1, 0.15) is 11.5 Å². The summed E-state index contributed by atoms with van der Waals surface area (Å²) in [5, 5.41) is 3.56. The molecule has 0 aliphatic rings. The predicted molar refractivity (Wildman–Crippen MR) is 81.2 cm³/mol. The van der Waals surface area contributed by atoms with Crippen molar-refractivity contribution in [1.29, 1.82) is 0 Å². The third kappa shape index (κ3) is 3.42. The van der Waals surface area contributed by atoms with Crippen molar-refractivity contribution in [2.75, 3.05) is 13.7 Å². The number of rotatable bonds is 7. The maximum absolute atomic E-state index is 5.67. The van der Waals surface area contributed by atoms with E-state index in [-0.39, 0.29) is 6.04 Å². The average molecular weight is 273 g/mol. The Labute approximate surface area is 121 Å². The molecule has 0 fully saturated rings. The number of benzene rings is 1. The Kier molecular flexibility index (Phi) is 5.24. The molecule has 1 atom stereocenters. The van der Waals surface area contributed by atoms with Crippen molar-refractivity contribution in [1.82, 2.24) is 5.32 Å². The van der Waals surface area contributed by atoms with Crippen molar-refractivity contribution in [3.8, 4) is 5.75 Å². The zero-order valence-corrected chi connectivity index (χ0v) is 12.5. The second-order valence-corrected chi connectivity index (χ2v) is 4.99. The van der Waals surface area contributed by atoms with Gasteiger partial charge in [-0.15, -0.1) is 0 Å². The summed E-state index contributed by atoms with van der Waals surface area (Å²) in [6, 6.07) is 10.3. The number of hydrogen-bond donors (Lipinski definition) is 1. The van der Waals surface area contributed by atoms with Crippen molar-refractivity contribution in [3.05, 3.63) is 53.5 Å². The summed E-state index contributed by atoms with van der Waals surface area (Å²) >= 11 is 0. The fraction of sp³-hybridized carbons (Fsp3) is 0.412. The highest BCUT2D eigenvalue weighted by molar-refractivity contribution is 5.35. The first-order valence-corrected chi connectivity index (χ1v) is 7.15. The van der Waals surface area contributed by atoms with Gasteiger partial charge < -0.3 is 14.5 Å². The molecular formula is C17H23NO2. The van der Waals surface area contributed by atoms with Crippen LogP contribution in [0.25, 0.3) is 0 Å². The van der Waals surface area contributed by atoms with Gasteiger partial charge in [-0.1, -0.05) is 25.1 Å². The van der Waals surface area contributed by atoms with Gasteiger partial charge in [0, 0.05) is 0 Å². The van der Waals surface area contributed by atoms with Crippen molar-refractivity contribution >= 4 is 0 Å². The summed E-state index contributed by atoms with van der Waals surface area (Å²) in [6.07, 6.45) is 3.72. The van der Waals surface area contributed by atoms with Gasteiger partial charge in [0.2, 0.25) is 0 Å². The van der Waals surface area contributed by atoms with Crippen LogP contribution in [-0.2, 0) is 6.42 Å². The second-order valence-electron chi connectivity index (χ2n) is 4.99. The molecule has 1 N–H and O–H groups in total. The minimum Gasteiger partial charge on any atom is -0.496 e. The molecule has 0 saturated carbocycles. The fourth-order valence-corrected chi connectivity index (χ4v) is 2.41.